The highest BCUT2D eigenvalue weighted by Crippen LogP contribution is 2.32. The molecule has 3 rings (SSSR count). The third-order valence-corrected chi connectivity index (χ3v) is 5.23. The normalized spacial score (nSPS) is 10.9. The lowest BCUT2D eigenvalue weighted by atomic mass is 9.92. The van der Waals surface area contributed by atoms with Gasteiger partial charge in [0.25, 0.3) is 11.8 Å². The van der Waals surface area contributed by atoms with Crippen molar-refractivity contribution in [2.24, 2.45) is 0 Å². The highest BCUT2D eigenvalue weighted by Gasteiger charge is 2.16. The van der Waals surface area contributed by atoms with Crippen LogP contribution in [-0.2, 0) is 4.79 Å². The summed E-state index contributed by atoms with van der Waals surface area (Å²) in [6.45, 7) is 8.24. The van der Waals surface area contributed by atoms with Crippen molar-refractivity contribution in [2.45, 2.75) is 39.5 Å². The van der Waals surface area contributed by atoms with Gasteiger partial charge in [0.2, 0.25) is 0 Å². The fraction of sp³-hybridized carbons (Fsp3) is 0.259. The van der Waals surface area contributed by atoms with Crippen molar-refractivity contribution in [1.82, 2.24) is 0 Å². The number of anilines is 2. The molecule has 0 unspecified atom stereocenters. The molecule has 33 heavy (non-hydrogen) atoms. The molecule has 3 aromatic carbocycles. The monoisotopic (exact) mass is 448 g/mol. The predicted octanol–water partition coefficient (Wildman–Crippen LogP) is 6.34. The zero-order valence-electron chi connectivity index (χ0n) is 19.3. The van der Waals surface area contributed by atoms with Crippen LogP contribution in [0.25, 0.3) is 0 Å². The molecule has 0 atom stereocenters. The maximum Gasteiger partial charge on any atom is 0.262 e. The molecule has 0 spiro atoms. The van der Waals surface area contributed by atoms with Gasteiger partial charge >= 0.3 is 0 Å². The molecule has 172 valence electrons. The van der Waals surface area contributed by atoms with Gasteiger partial charge in [0, 0.05) is 16.9 Å². The predicted molar refractivity (Wildman–Crippen MR) is 130 cm³/mol. The SMILES string of the molecule is CC(C)c1cccc(C(C)C)c1NC(=O)COc1ccc(C(=O)Nc2ccc(F)cc2)cc1. The summed E-state index contributed by atoms with van der Waals surface area (Å²) < 4.78 is 18.6. The molecule has 0 saturated carbocycles. The molecule has 5 nitrogen and oxygen atoms in total. The number of carbonyl (C=O) groups is 2. The van der Waals surface area contributed by atoms with E-state index in [1.54, 1.807) is 24.3 Å². The molecule has 0 aliphatic carbocycles. The van der Waals surface area contributed by atoms with Gasteiger partial charge in [-0.2, -0.15) is 0 Å². The van der Waals surface area contributed by atoms with Crippen LogP contribution in [0.5, 0.6) is 5.75 Å². The number of para-hydroxylation sites is 1. The van der Waals surface area contributed by atoms with Crippen molar-refractivity contribution in [3.8, 4) is 5.75 Å². The summed E-state index contributed by atoms with van der Waals surface area (Å²) in [6, 6.07) is 18.1. The number of carbonyl (C=O) groups excluding carboxylic acids is 2. The van der Waals surface area contributed by atoms with Gasteiger partial charge in [0.15, 0.2) is 6.61 Å². The van der Waals surface area contributed by atoms with Crippen LogP contribution >= 0.6 is 0 Å². The molecule has 0 radical (unpaired) electrons. The van der Waals surface area contributed by atoms with Crippen molar-refractivity contribution < 1.29 is 18.7 Å². The average Bonchev–Trinajstić information content (AvgIpc) is 2.79. The molecule has 0 fully saturated rings. The lowest BCUT2D eigenvalue weighted by molar-refractivity contribution is -0.118. The molecular formula is C27H29FN2O3. The van der Waals surface area contributed by atoms with Crippen LogP contribution in [0.2, 0.25) is 0 Å². The van der Waals surface area contributed by atoms with Gasteiger partial charge in [-0.3, -0.25) is 9.59 Å². The molecule has 6 heteroatoms. The van der Waals surface area contributed by atoms with Gasteiger partial charge in [0.1, 0.15) is 11.6 Å². The Bertz CT molecular complexity index is 1080. The van der Waals surface area contributed by atoms with Crippen molar-refractivity contribution in [2.75, 3.05) is 17.2 Å². The van der Waals surface area contributed by atoms with Crippen LogP contribution in [0, 0.1) is 5.82 Å². The Morgan fingerprint density at radius 3 is 1.94 bits per heavy atom. The standard InChI is InChI=1S/C27H29FN2O3/c1-17(2)23-6-5-7-24(18(3)4)26(23)30-25(31)16-33-22-14-8-19(9-15-22)27(32)29-21-12-10-20(28)11-13-21/h5-15,17-18H,16H2,1-4H3,(H,29,32)(H,30,31). The van der Waals surface area contributed by atoms with Crippen LogP contribution < -0.4 is 15.4 Å². The fourth-order valence-corrected chi connectivity index (χ4v) is 3.46. The van der Waals surface area contributed by atoms with Crippen LogP contribution in [0.1, 0.15) is 61.0 Å². The third-order valence-electron chi connectivity index (χ3n) is 5.23. The summed E-state index contributed by atoms with van der Waals surface area (Å²) in [5.74, 6) is 0.0824. The second-order valence-corrected chi connectivity index (χ2v) is 8.44. The first-order valence-electron chi connectivity index (χ1n) is 11.0. The van der Waals surface area contributed by atoms with Crippen LogP contribution in [-0.4, -0.2) is 18.4 Å². The lowest BCUT2D eigenvalue weighted by Crippen LogP contribution is -2.22. The quantitative estimate of drug-likeness (QED) is 0.422. The minimum Gasteiger partial charge on any atom is -0.484 e. The summed E-state index contributed by atoms with van der Waals surface area (Å²) in [4.78, 5) is 25.0. The highest BCUT2D eigenvalue weighted by molar-refractivity contribution is 6.04. The van der Waals surface area contributed by atoms with Crippen LogP contribution in [0.4, 0.5) is 15.8 Å². The van der Waals surface area contributed by atoms with E-state index in [0.717, 1.165) is 16.8 Å². The second kappa shape index (κ2) is 10.8. The Morgan fingerprint density at radius 1 is 0.818 bits per heavy atom. The maximum absolute atomic E-state index is 13.0. The summed E-state index contributed by atoms with van der Waals surface area (Å²) in [5, 5.41) is 5.72. The van der Waals surface area contributed by atoms with E-state index in [1.165, 1.54) is 24.3 Å². The number of benzene rings is 3. The molecular weight excluding hydrogens is 419 g/mol. The molecule has 2 amide bonds. The van der Waals surface area contributed by atoms with Crippen molar-refractivity contribution in [1.29, 1.82) is 0 Å². The van der Waals surface area contributed by atoms with E-state index in [0.29, 0.717) is 17.0 Å². The number of ether oxygens (including phenoxy) is 1. The van der Waals surface area contributed by atoms with E-state index in [9.17, 15) is 14.0 Å². The van der Waals surface area contributed by atoms with Crippen molar-refractivity contribution in [3.05, 3.63) is 89.2 Å². The van der Waals surface area contributed by atoms with E-state index in [2.05, 4.69) is 38.3 Å². The molecule has 0 saturated heterocycles. The first kappa shape index (κ1) is 24.0. The topological polar surface area (TPSA) is 67.4 Å². The molecule has 0 heterocycles. The van der Waals surface area contributed by atoms with E-state index < -0.39 is 0 Å². The molecule has 3 aromatic rings. The van der Waals surface area contributed by atoms with Gasteiger partial charge in [-0.05, 0) is 71.5 Å². The first-order valence-corrected chi connectivity index (χ1v) is 11.0. The second-order valence-electron chi connectivity index (χ2n) is 8.44. The molecule has 0 aromatic heterocycles. The van der Waals surface area contributed by atoms with Gasteiger partial charge in [-0.25, -0.2) is 4.39 Å². The minimum atomic E-state index is -0.369. The smallest absolute Gasteiger partial charge is 0.262 e. The Kier molecular flexibility index (Phi) is 7.83. The van der Waals surface area contributed by atoms with E-state index in [1.807, 2.05) is 18.2 Å². The summed E-state index contributed by atoms with van der Waals surface area (Å²) in [5.41, 5.74) is 3.95. The first-order chi connectivity index (χ1) is 15.7. The van der Waals surface area contributed by atoms with Gasteiger partial charge in [-0.15, -0.1) is 0 Å². The Balaban J connectivity index is 1.60. The highest BCUT2D eigenvalue weighted by atomic mass is 19.1. The Hall–Kier alpha value is -3.67. The van der Waals surface area contributed by atoms with E-state index in [-0.39, 0.29) is 36.1 Å². The molecule has 0 aliphatic rings. The van der Waals surface area contributed by atoms with E-state index >= 15 is 0 Å². The number of rotatable bonds is 8. The summed E-state index contributed by atoms with van der Waals surface area (Å²) in [6.07, 6.45) is 0. The largest absolute Gasteiger partial charge is 0.484 e. The lowest BCUT2D eigenvalue weighted by Gasteiger charge is -2.20. The Labute approximate surface area is 194 Å². The van der Waals surface area contributed by atoms with Crippen molar-refractivity contribution in [3.63, 3.8) is 0 Å². The van der Waals surface area contributed by atoms with E-state index in [4.69, 9.17) is 4.74 Å². The van der Waals surface area contributed by atoms with Crippen molar-refractivity contribution >= 4 is 23.2 Å². The number of hydrogen-bond donors (Lipinski definition) is 2. The zero-order chi connectivity index (χ0) is 24.0. The molecule has 0 bridgehead atoms. The van der Waals surface area contributed by atoms with Crippen LogP contribution in [0.3, 0.4) is 0 Å². The Morgan fingerprint density at radius 2 is 1.39 bits per heavy atom. The number of amides is 2. The fourth-order valence-electron chi connectivity index (χ4n) is 3.46. The number of hydrogen-bond acceptors (Lipinski definition) is 3. The summed E-state index contributed by atoms with van der Waals surface area (Å²) >= 11 is 0. The van der Waals surface area contributed by atoms with Gasteiger partial charge in [-0.1, -0.05) is 45.9 Å². The maximum atomic E-state index is 13.0. The number of halogens is 1. The summed E-state index contributed by atoms with van der Waals surface area (Å²) in [7, 11) is 0. The van der Waals surface area contributed by atoms with Gasteiger partial charge < -0.3 is 15.4 Å². The van der Waals surface area contributed by atoms with Gasteiger partial charge in [0.05, 0.1) is 0 Å². The average molecular weight is 449 g/mol. The zero-order valence-corrected chi connectivity index (χ0v) is 19.3. The number of nitrogens with one attached hydrogen (secondary N) is 2. The molecule has 2 N–H and O–H groups in total. The van der Waals surface area contributed by atoms with Crippen LogP contribution in [0.15, 0.2) is 66.7 Å². The molecule has 0 aliphatic heterocycles. The third kappa shape index (κ3) is 6.42. The minimum absolute atomic E-state index is 0.148.